The van der Waals surface area contributed by atoms with Crippen LogP contribution in [0.1, 0.15) is 31.7 Å². The summed E-state index contributed by atoms with van der Waals surface area (Å²) in [5, 5.41) is 10.5. The number of non-ortho nitro benzene ring substituents is 1. The van der Waals surface area contributed by atoms with Gasteiger partial charge in [0, 0.05) is 49.4 Å². The Balaban J connectivity index is 1.63. The van der Waals surface area contributed by atoms with Crippen molar-refractivity contribution in [3.8, 4) is 0 Å². The minimum absolute atomic E-state index is 0.0433. The molecule has 0 saturated carbocycles. The molecule has 1 unspecified atom stereocenters. The summed E-state index contributed by atoms with van der Waals surface area (Å²) in [7, 11) is 1.84. The van der Waals surface area contributed by atoms with Gasteiger partial charge < -0.3 is 9.80 Å². The number of rotatable bonds is 7. The number of thioether (sulfide) groups is 1. The molecule has 1 amide bonds. The molecule has 1 aliphatic heterocycles. The average Bonchev–Trinajstić information content (AvgIpc) is 2.74. The number of nitro benzene ring substituents is 1. The quantitative estimate of drug-likeness (QED) is 0.373. The average molecular weight is 414 g/mol. The Bertz CT molecular complexity index is 851. The van der Waals surface area contributed by atoms with Gasteiger partial charge in [0.15, 0.2) is 0 Å². The molecule has 154 valence electrons. The van der Waals surface area contributed by atoms with Crippen LogP contribution in [0.5, 0.6) is 0 Å². The van der Waals surface area contributed by atoms with E-state index in [2.05, 4.69) is 23.1 Å². The van der Waals surface area contributed by atoms with Crippen molar-refractivity contribution >= 4 is 29.0 Å². The topological polar surface area (TPSA) is 66.7 Å². The maximum Gasteiger partial charge on any atom is 0.269 e. The summed E-state index contributed by atoms with van der Waals surface area (Å²) >= 11 is 1.42. The first-order chi connectivity index (χ1) is 14.0. The van der Waals surface area contributed by atoms with Crippen molar-refractivity contribution in [2.75, 3.05) is 25.0 Å². The number of anilines is 1. The van der Waals surface area contributed by atoms with Gasteiger partial charge in [0.25, 0.3) is 5.69 Å². The van der Waals surface area contributed by atoms with Gasteiger partial charge in [-0.3, -0.25) is 14.9 Å². The molecule has 3 rings (SSSR count). The highest BCUT2D eigenvalue weighted by atomic mass is 32.2. The Kier molecular flexibility index (Phi) is 7.14. The molecule has 2 aromatic rings. The molecule has 6 nitrogen and oxygen atoms in total. The van der Waals surface area contributed by atoms with Gasteiger partial charge in [0.05, 0.1) is 10.2 Å². The first-order valence-electron chi connectivity index (χ1n) is 9.94. The summed E-state index contributed by atoms with van der Waals surface area (Å²) in [5.41, 5.74) is 2.44. The van der Waals surface area contributed by atoms with E-state index in [1.807, 2.05) is 20.0 Å². The van der Waals surface area contributed by atoms with Crippen molar-refractivity contribution in [1.82, 2.24) is 4.90 Å². The van der Waals surface area contributed by atoms with Crippen LogP contribution < -0.4 is 4.90 Å². The molecule has 0 spiro atoms. The molecule has 1 fully saturated rings. The van der Waals surface area contributed by atoms with Crippen LogP contribution in [0.15, 0.2) is 53.4 Å². The second-order valence-electron chi connectivity index (χ2n) is 7.38. The standard InChI is InChI=1S/C22H27N3O3S/c1-17(29-20-12-10-19(11-13-20)25(27)28)22(26)23(2)16-18-8-4-5-9-21(18)24-14-6-3-7-15-24/h4-5,8-13,17H,3,6-7,14-16H2,1-2H3. The van der Waals surface area contributed by atoms with E-state index in [-0.39, 0.29) is 16.8 Å². The molecule has 1 aliphatic rings. The minimum Gasteiger partial charge on any atom is -0.371 e. The van der Waals surface area contributed by atoms with Gasteiger partial charge in [0.1, 0.15) is 0 Å². The summed E-state index contributed by atoms with van der Waals surface area (Å²) in [6, 6.07) is 14.7. The molecule has 0 aliphatic carbocycles. The second kappa shape index (κ2) is 9.78. The van der Waals surface area contributed by atoms with Crippen LogP contribution in [0.2, 0.25) is 0 Å². The summed E-state index contributed by atoms with van der Waals surface area (Å²) in [6.45, 7) is 4.58. The largest absolute Gasteiger partial charge is 0.371 e. The normalized spacial score (nSPS) is 15.0. The smallest absolute Gasteiger partial charge is 0.269 e. The molecule has 0 bridgehead atoms. The third-order valence-electron chi connectivity index (χ3n) is 5.18. The van der Waals surface area contributed by atoms with Gasteiger partial charge in [0.2, 0.25) is 5.91 Å². The first kappa shape index (κ1) is 21.2. The van der Waals surface area contributed by atoms with Crippen molar-refractivity contribution in [3.63, 3.8) is 0 Å². The third kappa shape index (κ3) is 5.50. The molecule has 1 atom stereocenters. The van der Waals surface area contributed by atoms with Gasteiger partial charge in [-0.15, -0.1) is 11.8 Å². The van der Waals surface area contributed by atoms with Crippen LogP contribution in [0.25, 0.3) is 0 Å². The van der Waals surface area contributed by atoms with E-state index in [0.717, 1.165) is 23.5 Å². The maximum absolute atomic E-state index is 12.9. The summed E-state index contributed by atoms with van der Waals surface area (Å²) in [5.74, 6) is 0.0433. The highest BCUT2D eigenvalue weighted by Gasteiger charge is 2.21. The lowest BCUT2D eigenvalue weighted by Gasteiger charge is -2.31. The van der Waals surface area contributed by atoms with E-state index < -0.39 is 4.92 Å². The van der Waals surface area contributed by atoms with Crippen molar-refractivity contribution in [1.29, 1.82) is 0 Å². The van der Waals surface area contributed by atoms with Crippen LogP contribution in [0.3, 0.4) is 0 Å². The van der Waals surface area contributed by atoms with Gasteiger partial charge in [-0.05, 0) is 49.9 Å². The lowest BCUT2D eigenvalue weighted by molar-refractivity contribution is -0.384. The van der Waals surface area contributed by atoms with Gasteiger partial charge in [-0.25, -0.2) is 0 Å². The van der Waals surface area contributed by atoms with Gasteiger partial charge in [-0.1, -0.05) is 18.2 Å². The Morgan fingerprint density at radius 2 is 1.79 bits per heavy atom. The molecule has 7 heteroatoms. The van der Waals surface area contributed by atoms with Crippen LogP contribution in [0.4, 0.5) is 11.4 Å². The van der Waals surface area contributed by atoms with Gasteiger partial charge in [-0.2, -0.15) is 0 Å². The van der Waals surface area contributed by atoms with Crippen LogP contribution >= 0.6 is 11.8 Å². The second-order valence-corrected chi connectivity index (χ2v) is 8.80. The molecule has 1 saturated heterocycles. The molecule has 0 radical (unpaired) electrons. The number of nitrogens with zero attached hydrogens (tertiary/aromatic N) is 3. The fourth-order valence-electron chi connectivity index (χ4n) is 3.63. The van der Waals surface area contributed by atoms with Crippen LogP contribution in [-0.4, -0.2) is 41.1 Å². The van der Waals surface area contributed by atoms with E-state index in [1.165, 1.54) is 48.8 Å². The van der Waals surface area contributed by atoms with Gasteiger partial charge >= 0.3 is 0 Å². The lowest BCUT2D eigenvalue weighted by Crippen LogP contribution is -2.34. The maximum atomic E-state index is 12.9. The van der Waals surface area contributed by atoms with Crippen molar-refractivity contribution in [2.24, 2.45) is 0 Å². The number of benzene rings is 2. The minimum atomic E-state index is -0.420. The molecular formula is C22H27N3O3S. The molecular weight excluding hydrogens is 386 g/mol. The third-order valence-corrected chi connectivity index (χ3v) is 6.28. The lowest BCUT2D eigenvalue weighted by atomic mass is 10.1. The predicted molar refractivity (Wildman–Crippen MR) is 117 cm³/mol. The van der Waals surface area contributed by atoms with Crippen molar-refractivity contribution < 1.29 is 9.72 Å². The fourth-order valence-corrected chi connectivity index (χ4v) is 4.61. The Hall–Kier alpha value is -2.54. The molecule has 0 N–H and O–H groups in total. The molecule has 29 heavy (non-hydrogen) atoms. The van der Waals surface area contributed by atoms with Crippen molar-refractivity contribution in [3.05, 3.63) is 64.2 Å². The summed E-state index contributed by atoms with van der Waals surface area (Å²) < 4.78 is 0. The summed E-state index contributed by atoms with van der Waals surface area (Å²) in [6.07, 6.45) is 3.71. The number of hydrogen-bond donors (Lipinski definition) is 0. The van der Waals surface area contributed by atoms with Crippen LogP contribution in [-0.2, 0) is 11.3 Å². The first-order valence-corrected chi connectivity index (χ1v) is 10.8. The number of para-hydroxylation sites is 1. The van der Waals surface area contributed by atoms with E-state index in [0.29, 0.717) is 6.54 Å². The molecule has 0 aromatic heterocycles. The zero-order valence-corrected chi connectivity index (χ0v) is 17.7. The number of carbonyl (C=O) groups is 1. The highest BCUT2D eigenvalue weighted by Crippen LogP contribution is 2.28. The van der Waals surface area contributed by atoms with E-state index >= 15 is 0 Å². The Morgan fingerprint density at radius 1 is 1.14 bits per heavy atom. The fraction of sp³-hybridized carbons (Fsp3) is 0.409. The highest BCUT2D eigenvalue weighted by molar-refractivity contribution is 8.00. The predicted octanol–water partition coefficient (Wildman–Crippen LogP) is 4.72. The Morgan fingerprint density at radius 3 is 2.45 bits per heavy atom. The monoisotopic (exact) mass is 413 g/mol. The van der Waals surface area contributed by atoms with E-state index in [9.17, 15) is 14.9 Å². The van der Waals surface area contributed by atoms with Crippen molar-refractivity contribution in [2.45, 2.75) is 42.9 Å². The number of amides is 1. The number of piperidine rings is 1. The number of nitro groups is 1. The summed E-state index contributed by atoms with van der Waals surface area (Å²) in [4.78, 5) is 28.3. The van der Waals surface area contributed by atoms with Crippen LogP contribution in [0, 0.1) is 10.1 Å². The molecule has 1 heterocycles. The number of carbonyl (C=O) groups excluding carboxylic acids is 1. The van der Waals surface area contributed by atoms with E-state index in [4.69, 9.17) is 0 Å². The zero-order valence-electron chi connectivity index (χ0n) is 16.9. The molecule has 2 aromatic carbocycles. The zero-order chi connectivity index (χ0) is 20.8. The Labute approximate surface area is 176 Å². The van der Waals surface area contributed by atoms with E-state index in [1.54, 1.807) is 17.0 Å². The number of hydrogen-bond acceptors (Lipinski definition) is 5. The SMILES string of the molecule is CC(Sc1ccc([N+](=O)[O-])cc1)C(=O)N(C)Cc1ccccc1N1CCCCC1.